The third-order valence-corrected chi connectivity index (χ3v) is 14.6. The van der Waals surface area contributed by atoms with Crippen molar-refractivity contribution in [3.05, 3.63) is 228 Å². The molecule has 0 fully saturated rings. The number of fused-ring (bicyclic) bond motifs is 3. The van der Waals surface area contributed by atoms with Crippen LogP contribution in [-0.4, -0.2) is 134 Å². The molecule has 8 rings (SSSR count). The van der Waals surface area contributed by atoms with E-state index in [1.165, 1.54) is 31.4 Å². The Morgan fingerprint density at radius 2 is 0.876 bits per heavy atom. The number of hydrogen-bond acceptors (Lipinski definition) is 18. The van der Waals surface area contributed by atoms with Gasteiger partial charge >= 0.3 is 53.7 Å². The first-order valence-electron chi connectivity index (χ1n) is 27.7. The summed E-state index contributed by atoms with van der Waals surface area (Å²) in [5.41, 5.74) is 2.97. The zero-order chi connectivity index (χ0) is 63.8. The van der Waals surface area contributed by atoms with E-state index in [9.17, 15) is 58.5 Å². The number of benzene rings is 6. The Hall–Kier alpha value is -10.9. The van der Waals surface area contributed by atoms with Gasteiger partial charge in [0.2, 0.25) is 0 Å². The molecule has 0 aromatic heterocycles. The quantitative estimate of drug-likeness (QED) is 0.0170. The van der Waals surface area contributed by atoms with Crippen molar-refractivity contribution in [2.24, 2.45) is 11.8 Å². The van der Waals surface area contributed by atoms with Crippen LogP contribution in [-0.2, 0) is 62.5 Å². The van der Waals surface area contributed by atoms with Crippen molar-refractivity contribution < 1.29 is 101 Å². The molecule has 0 radical (unpaired) electrons. The number of carboxylic acid groups (broad SMARTS) is 3. The third kappa shape index (κ3) is 15.0. The molecular formula is C68H60O21. The normalized spacial score (nSPS) is 15.2. The zero-order valence-corrected chi connectivity index (χ0v) is 47.9. The zero-order valence-electron chi connectivity index (χ0n) is 47.9. The fourth-order valence-electron chi connectivity index (χ4n) is 10.4. The van der Waals surface area contributed by atoms with Gasteiger partial charge in [-0.2, -0.15) is 0 Å². The molecule has 0 aliphatic heterocycles. The van der Waals surface area contributed by atoms with Gasteiger partial charge in [0.15, 0.2) is 18.3 Å². The van der Waals surface area contributed by atoms with E-state index in [2.05, 4.69) is 19.7 Å². The summed E-state index contributed by atoms with van der Waals surface area (Å²) in [7, 11) is 1.30. The van der Waals surface area contributed by atoms with E-state index >= 15 is 0 Å². The lowest BCUT2D eigenvalue weighted by molar-refractivity contribution is -0.167. The monoisotopic (exact) mass is 1210 g/mol. The Kier molecular flexibility index (Phi) is 21.2. The number of aliphatic carboxylic acids is 1. The first-order chi connectivity index (χ1) is 42.9. The van der Waals surface area contributed by atoms with Crippen LogP contribution < -0.4 is 9.47 Å². The molecule has 0 spiro atoms. The third-order valence-electron chi connectivity index (χ3n) is 14.6. The van der Waals surface area contributed by atoms with Crippen LogP contribution in [0.15, 0.2) is 184 Å². The summed E-state index contributed by atoms with van der Waals surface area (Å²) < 4.78 is 49.9. The van der Waals surface area contributed by atoms with Gasteiger partial charge in [0.1, 0.15) is 44.5 Å². The predicted octanol–water partition coefficient (Wildman–Crippen LogP) is 9.03. The number of methoxy groups -OCH3 is 1. The van der Waals surface area contributed by atoms with Crippen molar-refractivity contribution in [3.8, 4) is 33.8 Å². The summed E-state index contributed by atoms with van der Waals surface area (Å²) in [6.07, 6.45) is 2.87. The minimum absolute atomic E-state index is 0.142. The molecule has 0 saturated heterocycles. The largest absolute Gasteiger partial charge is 0.490 e. The van der Waals surface area contributed by atoms with Gasteiger partial charge in [-0.15, -0.1) is 0 Å². The molecule has 2 aliphatic carbocycles. The number of ether oxygens (including phenoxy) is 9. The van der Waals surface area contributed by atoms with Crippen LogP contribution in [0.5, 0.6) is 11.5 Å². The van der Waals surface area contributed by atoms with Gasteiger partial charge in [-0.1, -0.05) is 117 Å². The molecule has 0 bridgehead atoms. The smallest absolute Gasteiger partial charge is 0.339 e. The SMILES string of the molecule is C=CC(=O)OCC(COC)OC(=O)c1cc(-c2ccc(C(=O)O)c(C(=O)OC(COC(=O)C=C)COc3ccc(C4(c5ccc(OCC(COC(=O)C=C)OC(=O)C6CC=CCC6C(=O)O)cc5)c5ccccc5-c5ccccc54)cc3)c2)ccc1C(=O)O. The van der Waals surface area contributed by atoms with Gasteiger partial charge in [0.25, 0.3) is 0 Å². The van der Waals surface area contributed by atoms with Crippen LogP contribution >= 0.6 is 0 Å². The molecule has 6 aromatic carbocycles. The first-order valence-corrected chi connectivity index (χ1v) is 27.7. The summed E-state index contributed by atoms with van der Waals surface area (Å²) in [5.74, 6) is -10.9. The molecule has 458 valence electrons. The Balaban J connectivity index is 1.04. The molecule has 0 saturated carbocycles. The summed E-state index contributed by atoms with van der Waals surface area (Å²) in [5, 5.41) is 30.0. The number of aromatic carboxylic acids is 2. The second-order valence-electron chi connectivity index (χ2n) is 20.2. The van der Waals surface area contributed by atoms with E-state index in [-0.39, 0.29) is 49.5 Å². The van der Waals surface area contributed by atoms with Gasteiger partial charge < -0.3 is 58.0 Å². The second kappa shape index (κ2) is 29.4. The number of rotatable bonds is 29. The minimum atomic E-state index is -1.52. The Bertz CT molecular complexity index is 3680. The van der Waals surface area contributed by atoms with Crippen molar-refractivity contribution in [3.63, 3.8) is 0 Å². The average molecular weight is 1210 g/mol. The van der Waals surface area contributed by atoms with Gasteiger partial charge in [-0.25, -0.2) is 33.6 Å². The van der Waals surface area contributed by atoms with Gasteiger partial charge in [-0.3, -0.25) is 9.59 Å². The van der Waals surface area contributed by atoms with Crippen LogP contribution in [0.1, 0.15) is 76.5 Å². The fraction of sp³-hybridized carbons (Fsp3) is 0.221. The highest BCUT2D eigenvalue weighted by Gasteiger charge is 2.46. The molecule has 89 heavy (non-hydrogen) atoms. The molecular weight excluding hydrogens is 1150 g/mol. The molecule has 5 atom stereocenters. The summed E-state index contributed by atoms with van der Waals surface area (Å²) in [6, 6.07) is 37.6. The molecule has 2 aliphatic rings. The van der Waals surface area contributed by atoms with Crippen LogP contribution in [0.4, 0.5) is 0 Å². The Morgan fingerprint density at radius 3 is 1.27 bits per heavy atom. The topological polar surface area (TPSA) is 297 Å². The standard InChI is InChI=1S/C68H60O21/c1-5-59(69)84-37-46(34-81-4)87-66(79)55-32-40(20-30-52(55)63(74)75)41-21-31-53(64(76)77)56(33-41)67(80)89-48(39-86-61(71)7-3)36-83-45-28-24-43(25-29-45)68(57-18-12-10-14-49(57)50-15-11-13-19-58(50)68)42-22-26-44(27-23-42)82-35-47(38-85-60(70)6-2)88-65(78)54-17-9-8-16-51(54)62(72)73/h5-15,18-33,46-48,51,54H,1-3,16-17,34-39H2,4H3,(H,72,73)(H,74,75)(H,76,77). The van der Waals surface area contributed by atoms with E-state index < -0.39 is 131 Å². The predicted molar refractivity (Wildman–Crippen MR) is 317 cm³/mol. The summed E-state index contributed by atoms with van der Waals surface area (Å²) in [6.45, 7) is 7.83. The number of esters is 6. The maximum atomic E-state index is 14.2. The van der Waals surface area contributed by atoms with Crippen molar-refractivity contribution >= 4 is 53.7 Å². The number of hydrogen-bond donors (Lipinski definition) is 3. The van der Waals surface area contributed by atoms with Crippen molar-refractivity contribution in [2.75, 3.05) is 46.8 Å². The average Bonchev–Trinajstić information content (AvgIpc) is 1.57. The summed E-state index contributed by atoms with van der Waals surface area (Å²) in [4.78, 5) is 114. The molecule has 0 amide bonds. The second-order valence-corrected chi connectivity index (χ2v) is 20.2. The fourth-order valence-corrected chi connectivity index (χ4v) is 10.4. The lowest BCUT2D eigenvalue weighted by Crippen LogP contribution is -2.37. The molecule has 6 aromatic rings. The number of carbonyl (C=O) groups is 9. The first kappa shape index (κ1) is 64.1. The van der Waals surface area contributed by atoms with Crippen LogP contribution in [0.2, 0.25) is 0 Å². The number of allylic oxidation sites excluding steroid dienone is 2. The lowest BCUT2D eigenvalue weighted by atomic mass is 9.68. The molecule has 21 nitrogen and oxygen atoms in total. The molecule has 3 N–H and O–H groups in total. The van der Waals surface area contributed by atoms with E-state index in [0.29, 0.717) is 5.75 Å². The van der Waals surface area contributed by atoms with Crippen LogP contribution in [0.3, 0.4) is 0 Å². The van der Waals surface area contributed by atoms with Crippen LogP contribution in [0, 0.1) is 11.8 Å². The maximum Gasteiger partial charge on any atom is 0.339 e. The van der Waals surface area contributed by atoms with Gasteiger partial charge in [0, 0.05) is 25.3 Å². The Morgan fingerprint density at radius 1 is 0.483 bits per heavy atom. The van der Waals surface area contributed by atoms with E-state index in [0.717, 1.165) is 63.7 Å². The number of carbonyl (C=O) groups excluding carboxylic acids is 6. The van der Waals surface area contributed by atoms with E-state index in [1.807, 2.05) is 72.8 Å². The molecule has 5 unspecified atom stereocenters. The number of carboxylic acids is 3. The minimum Gasteiger partial charge on any atom is -0.490 e. The van der Waals surface area contributed by atoms with Crippen molar-refractivity contribution in [2.45, 2.75) is 36.6 Å². The molecule has 0 heterocycles. The highest BCUT2D eigenvalue weighted by Crippen LogP contribution is 2.56. The highest BCUT2D eigenvalue weighted by atomic mass is 16.6. The summed E-state index contributed by atoms with van der Waals surface area (Å²) >= 11 is 0. The van der Waals surface area contributed by atoms with Crippen molar-refractivity contribution in [1.82, 2.24) is 0 Å². The Labute approximate surface area is 509 Å². The van der Waals surface area contributed by atoms with Crippen molar-refractivity contribution in [1.29, 1.82) is 0 Å². The van der Waals surface area contributed by atoms with Gasteiger partial charge in [0.05, 0.1) is 46.1 Å². The molecule has 21 heteroatoms. The van der Waals surface area contributed by atoms with Crippen LogP contribution in [0.25, 0.3) is 22.3 Å². The highest BCUT2D eigenvalue weighted by molar-refractivity contribution is 6.05. The maximum absolute atomic E-state index is 14.2. The van der Waals surface area contributed by atoms with E-state index in [1.54, 1.807) is 36.4 Å². The van der Waals surface area contributed by atoms with E-state index in [4.69, 9.17) is 42.6 Å². The van der Waals surface area contributed by atoms with Gasteiger partial charge in [-0.05, 0) is 106 Å². The lowest BCUT2D eigenvalue weighted by Gasteiger charge is -2.34.